The largest absolute Gasteiger partial charge is 0.375 e. The molecule has 2 aromatic rings. The van der Waals surface area contributed by atoms with Crippen LogP contribution in [0.2, 0.25) is 0 Å². The third kappa shape index (κ3) is 5.63. The first-order chi connectivity index (χ1) is 12.9. The van der Waals surface area contributed by atoms with Crippen LogP contribution in [-0.4, -0.2) is 35.4 Å². The summed E-state index contributed by atoms with van der Waals surface area (Å²) in [6, 6.07) is 19.4. The molecule has 1 N–H and O–H groups in total. The molecule has 0 aromatic heterocycles. The molecule has 1 fully saturated rings. The van der Waals surface area contributed by atoms with Gasteiger partial charge in [0.05, 0.1) is 24.9 Å². The summed E-state index contributed by atoms with van der Waals surface area (Å²) in [6.07, 6.45) is 0.355. The fraction of sp³-hybridized carbons (Fsp3) is 0.409. The number of hydrazine groups is 1. The van der Waals surface area contributed by atoms with E-state index in [1.54, 1.807) is 5.01 Å². The zero-order valence-electron chi connectivity index (χ0n) is 16.2. The number of benzene rings is 2. The Bertz CT molecular complexity index is 728. The van der Waals surface area contributed by atoms with Crippen molar-refractivity contribution in [3.8, 4) is 0 Å². The Labute approximate surface area is 161 Å². The molecule has 0 unspecified atom stereocenters. The van der Waals surface area contributed by atoms with Crippen molar-refractivity contribution in [2.75, 3.05) is 6.61 Å². The highest BCUT2D eigenvalue weighted by atomic mass is 16.5. The second-order valence-corrected chi connectivity index (χ2v) is 7.79. The van der Waals surface area contributed by atoms with Crippen LogP contribution in [0.4, 0.5) is 0 Å². The number of ether oxygens (including phenoxy) is 2. The van der Waals surface area contributed by atoms with Crippen LogP contribution < -0.4 is 5.43 Å². The summed E-state index contributed by atoms with van der Waals surface area (Å²) in [4.78, 5) is 12.9. The topological polar surface area (TPSA) is 50.8 Å². The average Bonchev–Trinajstić information content (AvgIpc) is 3.03. The number of hydrogen-bond donors (Lipinski definition) is 1. The molecule has 0 radical (unpaired) electrons. The van der Waals surface area contributed by atoms with Crippen molar-refractivity contribution in [2.45, 2.75) is 51.7 Å². The smallest absolute Gasteiger partial charge is 0.270 e. The van der Waals surface area contributed by atoms with Crippen LogP contribution in [-0.2, 0) is 16.1 Å². The van der Waals surface area contributed by atoms with Crippen molar-refractivity contribution in [1.82, 2.24) is 10.4 Å². The summed E-state index contributed by atoms with van der Waals surface area (Å²) in [5.74, 6) is -0.0876. The molecule has 1 aliphatic rings. The van der Waals surface area contributed by atoms with E-state index in [0.717, 1.165) is 5.56 Å². The van der Waals surface area contributed by atoms with Crippen LogP contribution in [0.5, 0.6) is 0 Å². The predicted octanol–water partition coefficient (Wildman–Crippen LogP) is 3.76. The van der Waals surface area contributed by atoms with Crippen molar-refractivity contribution in [1.29, 1.82) is 0 Å². The van der Waals surface area contributed by atoms with E-state index in [2.05, 4.69) is 5.43 Å². The highest BCUT2D eigenvalue weighted by molar-refractivity contribution is 5.94. The Morgan fingerprint density at radius 2 is 1.70 bits per heavy atom. The third-order valence-corrected chi connectivity index (χ3v) is 4.26. The van der Waals surface area contributed by atoms with Crippen LogP contribution in [0.15, 0.2) is 60.7 Å². The highest BCUT2D eigenvalue weighted by Crippen LogP contribution is 2.24. The molecule has 0 bridgehead atoms. The Morgan fingerprint density at radius 1 is 1.07 bits per heavy atom. The number of amides is 1. The SMILES string of the molecule is CC(C)(C)O[C@@H]1C[C@@H](COCc2ccccc2)NN1C(=O)c1ccccc1. The summed E-state index contributed by atoms with van der Waals surface area (Å²) in [6.45, 7) is 7.06. The molecular weight excluding hydrogens is 340 g/mol. The maximum Gasteiger partial charge on any atom is 0.270 e. The fourth-order valence-corrected chi connectivity index (χ4v) is 3.10. The number of rotatable bonds is 6. The van der Waals surface area contributed by atoms with Crippen molar-refractivity contribution in [3.63, 3.8) is 0 Å². The molecule has 1 amide bonds. The lowest BCUT2D eigenvalue weighted by atomic mass is 10.1. The van der Waals surface area contributed by atoms with Crippen LogP contribution in [0.3, 0.4) is 0 Å². The maximum absolute atomic E-state index is 12.9. The number of carbonyl (C=O) groups is 1. The van der Waals surface area contributed by atoms with Crippen molar-refractivity contribution in [2.24, 2.45) is 0 Å². The number of nitrogens with one attached hydrogen (secondary N) is 1. The van der Waals surface area contributed by atoms with Gasteiger partial charge in [-0.05, 0) is 38.5 Å². The standard InChI is InChI=1S/C22H28N2O3/c1-22(2,3)27-20-14-19(16-26-15-17-10-6-4-7-11-17)23-24(20)21(25)18-12-8-5-9-13-18/h4-13,19-20,23H,14-16H2,1-3H3/t19-,20+/m0/s1. The van der Waals surface area contributed by atoms with Crippen molar-refractivity contribution < 1.29 is 14.3 Å². The van der Waals surface area contributed by atoms with Gasteiger partial charge in [-0.25, -0.2) is 10.4 Å². The fourth-order valence-electron chi connectivity index (χ4n) is 3.10. The van der Waals surface area contributed by atoms with Crippen molar-refractivity contribution in [3.05, 3.63) is 71.8 Å². The predicted molar refractivity (Wildman–Crippen MR) is 105 cm³/mol. The molecule has 5 heteroatoms. The first-order valence-electron chi connectivity index (χ1n) is 9.37. The molecule has 1 heterocycles. The minimum Gasteiger partial charge on any atom is -0.375 e. The van der Waals surface area contributed by atoms with Gasteiger partial charge in [0.2, 0.25) is 0 Å². The molecule has 2 aromatic carbocycles. The number of hydrogen-bond acceptors (Lipinski definition) is 4. The van der Waals surface area contributed by atoms with E-state index in [-0.39, 0.29) is 23.8 Å². The van der Waals surface area contributed by atoms with Crippen LogP contribution in [0.25, 0.3) is 0 Å². The maximum atomic E-state index is 12.9. The monoisotopic (exact) mass is 368 g/mol. The Kier molecular flexibility index (Phi) is 6.26. The van der Waals surface area contributed by atoms with E-state index in [1.165, 1.54) is 0 Å². The minimum atomic E-state index is -0.346. The lowest BCUT2D eigenvalue weighted by molar-refractivity contribution is -0.112. The van der Waals surface area contributed by atoms with Gasteiger partial charge in [-0.15, -0.1) is 0 Å². The Balaban J connectivity index is 1.63. The van der Waals surface area contributed by atoms with E-state index >= 15 is 0 Å². The van der Waals surface area contributed by atoms with Gasteiger partial charge in [0.1, 0.15) is 6.23 Å². The molecule has 144 valence electrons. The van der Waals surface area contributed by atoms with Crippen LogP contribution in [0.1, 0.15) is 43.1 Å². The summed E-state index contributed by atoms with van der Waals surface area (Å²) in [5.41, 5.74) is 4.71. The molecule has 0 saturated carbocycles. The van der Waals surface area contributed by atoms with Gasteiger partial charge in [0.25, 0.3) is 5.91 Å². The summed E-state index contributed by atoms with van der Waals surface area (Å²) >= 11 is 0. The Hall–Kier alpha value is -2.21. The Morgan fingerprint density at radius 3 is 2.33 bits per heavy atom. The normalized spacial score (nSPS) is 20.0. The van der Waals surface area contributed by atoms with Crippen molar-refractivity contribution >= 4 is 5.91 Å². The molecule has 2 atom stereocenters. The molecule has 27 heavy (non-hydrogen) atoms. The molecule has 0 spiro atoms. The van der Waals surface area contributed by atoms with Gasteiger partial charge in [-0.2, -0.15) is 0 Å². The van der Waals surface area contributed by atoms with Gasteiger partial charge >= 0.3 is 0 Å². The third-order valence-electron chi connectivity index (χ3n) is 4.26. The second kappa shape index (κ2) is 8.65. The lowest BCUT2D eigenvalue weighted by Crippen LogP contribution is -2.47. The highest BCUT2D eigenvalue weighted by Gasteiger charge is 2.38. The molecular formula is C22H28N2O3. The first kappa shape index (κ1) is 19.5. The lowest BCUT2D eigenvalue weighted by Gasteiger charge is -2.30. The molecule has 1 saturated heterocycles. The zero-order valence-corrected chi connectivity index (χ0v) is 16.2. The first-order valence-corrected chi connectivity index (χ1v) is 9.37. The minimum absolute atomic E-state index is 0.0220. The molecule has 1 aliphatic heterocycles. The number of carbonyl (C=O) groups excluding carboxylic acids is 1. The quantitative estimate of drug-likeness (QED) is 0.843. The summed E-state index contributed by atoms with van der Waals surface area (Å²) in [7, 11) is 0. The second-order valence-electron chi connectivity index (χ2n) is 7.79. The van der Waals surface area contributed by atoms with E-state index < -0.39 is 0 Å². The molecule has 5 nitrogen and oxygen atoms in total. The van der Waals surface area contributed by atoms with Crippen LogP contribution in [0, 0.1) is 0 Å². The van der Waals surface area contributed by atoms with Gasteiger partial charge in [0.15, 0.2) is 0 Å². The van der Waals surface area contributed by atoms with Gasteiger partial charge in [0, 0.05) is 12.0 Å². The molecule has 3 rings (SSSR count). The van der Waals surface area contributed by atoms with Gasteiger partial charge < -0.3 is 9.47 Å². The van der Waals surface area contributed by atoms with E-state index in [1.807, 2.05) is 81.4 Å². The van der Waals surface area contributed by atoms with Crippen LogP contribution >= 0.6 is 0 Å². The number of nitrogens with zero attached hydrogens (tertiary/aromatic N) is 1. The summed E-state index contributed by atoms with van der Waals surface area (Å²) in [5, 5.41) is 1.61. The average molecular weight is 368 g/mol. The van der Waals surface area contributed by atoms with E-state index in [0.29, 0.717) is 25.2 Å². The zero-order chi connectivity index (χ0) is 19.3. The van der Waals surface area contributed by atoms with E-state index in [4.69, 9.17) is 9.47 Å². The van der Waals surface area contributed by atoms with Gasteiger partial charge in [-0.1, -0.05) is 48.5 Å². The summed E-state index contributed by atoms with van der Waals surface area (Å²) < 4.78 is 12.0. The van der Waals surface area contributed by atoms with Gasteiger partial charge in [-0.3, -0.25) is 4.79 Å². The molecule has 0 aliphatic carbocycles. The van der Waals surface area contributed by atoms with E-state index in [9.17, 15) is 4.79 Å².